The van der Waals surface area contributed by atoms with E-state index in [-0.39, 0.29) is 0 Å². The average molecular weight is 254 g/mol. The Balaban J connectivity index is 1.62. The van der Waals surface area contributed by atoms with Crippen LogP contribution in [0, 0.1) is 17.8 Å². The van der Waals surface area contributed by atoms with Crippen LogP contribution in [-0.2, 0) is 8.85 Å². The van der Waals surface area contributed by atoms with Crippen LogP contribution in [0.3, 0.4) is 0 Å². The smallest absolute Gasteiger partial charge is 0.334 e. The molecule has 0 aromatic heterocycles. The van der Waals surface area contributed by atoms with Gasteiger partial charge in [-0.1, -0.05) is 25.0 Å². The minimum Gasteiger partial charge on any atom is -0.398 e. The van der Waals surface area contributed by atoms with Gasteiger partial charge in [0.1, 0.15) is 0 Å². The fraction of sp³-hybridized carbons (Fsp3) is 0.857. The summed E-state index contributed by atoms with van der Waals surface area (Å²) < 4.78 is 11.0. The molecule has 3 unspecified atom stereocenters. The Bertz CT molecular complexity index is 273. The van der Waals surface area contributed by atoms with Gasteiger partial charge in [0.15, 0.2) is 0 Å². The number of hydrogen-bond donors (Lipinski definition) is 0. The summed E-state index contributed by atoms with van der Waals surface area (Å²) in [7, 11) is 1.77. The van der Waals surface area contributed by atoms with E-state index < -0.39 is 8.56 Å². The van der Waals surface area contributed by atoms with E-state index in [0.29, 0.717) is 0 Å². The number of hydrogen-bond acceptors (Lipinski definition) is 2. The molecule has 3 atom stereocenters. The zero-order chi connectivity index (χ0) is 12.3. The van der Waals surface area contributed by atoms with Crippen LogP contribution < -0.4 is 0 Å². The number of rotatable bonds is 7. The summed E-state index contributed by atoms with van der Waals surface area (Å²) >= 11 is 0. The van der Waals surface area contributed by atoms with Crippen molar-refractivity contribution in [2.75, 3.05) is 14.2 Å². The topological polar surface area (TPSA) is 18.5 Å². The Labute approximate surface area is 107 Å². The molecule has 1 saturated carbocycles. The predicted molar refractivity (Wildman–Crippen MR) is 73.1 cm³/mol. The van der Waals surface area contributed by atoms with Crippen molar-refractivity contribution in [2.45, 2.75) is 44.7 Å². The molecule has 0 heterocycles. The van der Waals surface area contributed by atoms with Gasteiger partial charge in [-0.15, -0.1) is 0 Å². The second kappa shape index (κ2) is 5.68. The molecule has 2 aliphatic rings. The van der Waals surface area contributed by atoms with Gasteiger partial charge in [0, 0.05) is 14.2 Å². The van der Waals surface area contributed by atoms with Crippen LogP contribution in [0.2, 0.25) is 12.6 Å². The van der Waals surface area contributed by atoms with E-state index in [2.05, 4.69) is 18.7 Å². The molecule has 0 aliphatic heterocycles. The molecule has 2 bridgehead atoms. The van der Waals surface area contributed by atoms with Gasteiger partial charge in [-0.05, 0) is 49.6 Å². The molecule has 0 N–H and O–H groups in total. The second-order valence-electron chi connectivity index (χ2n) is 5.83. The predicted octanol–water partition coefficient (Wildman–Crippen LogP) is 3.73. The van der Waals surface area contributed by atoms with Crippen LogP contribution in [0.25, 0.3) is 0 Å². The summed E-state index contributed by atoms with van der Waals surface area (Å²) in [6.45, 7) is 2.16. The normalized spacial score (nSPS) is 31.4. The van der Waals surface area contributed by atoms with Gasteiger partial charge in [0.05, 0.1) is 0 Å². The third-order valence-electron chi connectivity index (χ3n) is 4.74. The van der Waals surface area contributed by atoms with Crippen LogP contribution in [0.15, 0.2) is 12.2 Å². The van der Waals surface area contributed by atoms with Crippen LogP contribution in [0.1, 0.15) is 32.1 Å². The molecule has 0 amide bonds. The van der Waals surface area contributed by atoms with Crippen molar-refractivity contribution in [3.8, 4) is 0 Å². The molecule has 0 spiro atoms. The third kappa shape index (κ3) is 3.21. The molecule has 17 heavy (non-hydrogen) atoms. The van der Waals surface area contributed by atoms with E-state index in [1.54, 1.807) is 14.2 Å². The van der Waals surface area contributed by atoms with E-state index in [1.807, 2.05) is 0 Å². The molecule has 0 radical (unpaired) electrons. The lowest BCUT2D eigenvalue weighted by Crippen LogP contribution is -2.35. The number of allylic oxidation sites excluding steroid dienone is 2. The summed E-state index contributed by atoms with van der Waals surface area (Å²) in [6, 6.07) is 1.14. The summed E-state index contributed by atoms with van der Waals surface area (Å²) in [5.74, 6) is 2.80. The van der Waals surface area contributed by atoms with Crippen molar-refractivity contribution < 1.29 is 8.85 Å². The SMILES string of the molecule is CO[Si](C)(CCCCC1CC2C=CC1C2)OC. The van der Waals surface area contributed by atoms with E-state index in [9.17, 15) is 0 Å². The fourth-order valence-electron chi connectivity index (χ4n) is 3.37. The Morgan fingerprint density at radius 1 is 1.12 bits per heavy atom. The monoisotopic (exact) mass is 254 g/mol. The molecule has 3 heteroatoms. The van der Waals surface area contributed by atoms with Gasteiger partial charge < -0.3 is 8.85 Å². The van der Waals surface area contributed by atoms with E-state index in [1.165, 1.54) is 32.1 Å². The summed E-state index contributed by atoms with van der Waals surface area (Å²) in [6.07, 6.45) is 11.8. The first-order valence-corrected chi connectivity index (χ1v) is 9.48. The Morgan fingerprint density at radius 3 is 2.41 bits per heavy atom. The van der Waals surface area contributed by atoms with Crippen molar-refractivity contribution in [3.63, 3.8) is 0 Å². The molecule has 2 rings (SSSR count). The summed E-state index contributed by atoms with van der Waals surface area (Å²) in [4.78, 5) is 0. The first kappa shape index (κ1) is 13.3. The first-order chi connectivity index (χ1) is 8.17. The van der Waals surface area contributed by atoms with E-state index in [0.717, 1.165) is 23.8 Å². The third-order valence-corrected chi connectivity index (χ3v) is 7.72. The molecule has 0 aromatic rings. The van der Waals surface area contributed by atoms with Gasteiger partial charge in [-0.3, -0.25) is 0 Å². The highest BCUT2D eigenvalue weighted by molar-refractivity contribution is 6.65. The summed E-state index contributed by atoms with van der Waals surface area (Å²) in [5.41, 5.74) is 0. The van der Waals surface area contributed by atoms with Crippen molar-refractivity contribution in [2.24, 2.45) is 17.8 Å². The van der Waals surface area contributed by atoms with Gasteiger partial charge in [0.25, 0.3) is 0 Å². The second-order valence-corrected chi connectivity index (χ2v) is 9.41. The van der Waals surface area contributed by atoms with Gasteiger partial charge in [0.2, 0.25) is 0 Å². The molecular formula is C14H26O2Si. The standard InChI is InChI=1S/C14H26O2Si/c1-15-17(3,16-2)9-5-4-6-13-10-12-7-8-14(13)11-12/h7-8,12-14H,4-6,9-11H2,1-3H3. The van der Waals surface area contributed by atoms with Crippen LogP contribution in [-0.4, -0.2) is 22.8 Å². The fourth-order valence-corrected chi connectivity index (χ4v) is 4.83. The molecule has 0 aromatic carbocycles. The maximum absolute atomic E-state index is 5.51. The molecule has 2 nitrogen and oxygen atoms in total. The highest BCUT2D eigenvalue weighted by Crippen LogP contribution is 2.45. The summed E-state index contributed by atoms with van der Waals surface area (Å²) in [5, 5.41) is 0. The number of unbranched alkanes of at least 4 members (excludes halogenated alkanes) is 1. The minimum absolute atomic E-state index is 0.911. The average Bonchev–Trinajstić information content (AvgIpc) is 2.96. The lowest BCUT2D eigenvalue weighted by atomic mass is 9.89. The highest BCUT2D eigenvalue weighted by atomic mass is 28.4. The zero-order valence-electron chi connectivity index (χ0n) is 11.4. The van der Waals surface area contributed by atoms with Crippen molar-refractivity contribution in [1.29, 1.82) is 0 Å². The first-order valence-electron chi connectivity index (χ1n) is 6.95. The van der Waals surface area contributed by atoms with E-state index in [4.69, 9.17) is 8.85 Å². The maximum atomic E-state index is 5.51. The molecular weight excluding hydrogens is 228 g/mol. The van der Waals surface area contributed by atoms with Crippen molar-refractivity contribution in [3.05, 3.63) is 12.2 Å². The highest BCUT2D eigenvalue weighted by Gasteiger charge is 2.35. The molecule has 98 valence electrons. The zero-order valence-corrected chi connectivity index (χ0v) is 12.4. The minimum atomic E-state index is -1.80. The van der Waals surface area contributed by atoms with E-state index >= 15 is 0 Å². The van der Waals surface area contributed by atoms with Crippen LogP contribution in [0.4, 0.5) is 0 Å². The van der Waals surface area contributed by atoms with Gasteiger partial charge in [-0.25, -0.2) is 0 Å². The quantitative estimate of drug-likeness (QED) is 0.391. The lowest BCUT2D eigenvalue weighted by molar-refractivity contribution is 0.247. The van der Waals surface area contributed by atoms with Gasteiger partial charge in [-0.2, -0.15) is 0 Å². The Morgan fingerprint density at radius 2 is 1.88 bits per heavy atom. The maximum Gasteiger partial charge on any atom is 0.334 e. The molecule has 2 aliphatic carbocycles. The number of fused-ring (bicyclic) bond motifs is 2. The largest absolute Gasteiger partial charge is 0.398 e. The Kier molecular flexibility index (Phi) is 4.45. The lowest BCUT2D eigenvalue weighted by Gasteiger charge is -2.23. The van der Waals surface area contributed by atoms with Crippen LogP contribution >= 0.6 is 0 Å². The van der Waals surface area contributed by atoms with Crippen molar-refractivity contribution >= 4 is 8.56 Å². The molecule has 1 fully saturated rings. The molecule has 0 saturated heterocycles. The van der Waals surface area contributed by atoms with Crippen molar-refractivity contribution in [1.82, 2.24) is 0 Å². The van der Waals surface area contributed by atoms with Crippen LogP contribution in [0.5, 0.6) is 0 Å². The van der Waals surface area contributed by atoms with Gasteiger partial charge >= 0.3 is 8.56 Å². The Hall–Kier alpha value is -0.123.